The molecular formula is C18H15N3. The van der Waals surface area contributed by atoms with Crippen molar-refractivity contribution in [3.63, 3.8) is 0 Å². The van der Waals surface area contributed by atoms with E-state index in [1.54, 1.807) is 0 Å². The Hall–Kier alpha value is -2.68. The van der Waals surface area contributed by atoms with Gasteiger partial charge in [-0.25, -0.2) is 4.98 Å². The molecule has 0 radical (unpaired) electrons. The van der Waals surface area contributed by atoms with Crippen LogP contribution in [0.2, 0.25) is 0 Å². The van der Waals surface area contributed by atoms with Crippen molar-refractivity contribution in [1.82, 2.24) is 14.8 Å². The van der Waals surface area contributed by atoms with Gasteiger partial charge in [0.05, 0.1) is 16.9 Å². The first-order valence-corrected chi connectivity index (χ1v) is 7.03. The van der Waals surface area contributed by atoms with Gasteiger partial charge in [0.25, 0.3) is 0 Å². The first kappa shape index (κ1) is 12.1. The lowest BCUT2D eigenvalue weighted by Gasteiger charge is -2.08. The molecule has 0 aliphatic carbocycles. The lowest BCUT2D eigenvalue weighted by atomic mass is 10.0. The van der Waals surface area contributed by atoms with E-state index in [0.717, 1.165) is 28.0 Å². The molecule has 4 rings (SSSR count). The second-order valence-corrected chi connectivity index (χ2v) is 5.28. The summed E-state index contributed by atoms with van der Waals surface area (Å²) < 4.78 is 1.93. The third-order valence-electron chi connectivity index (χ3n) is 3.90. The molecule has 0 unspecified atom stereocenters. The lowest BCUT2D eigenvalue weighted by molar-refractivity contribution is 0.785. The normalized spacial score (nSPS) is 11.3. The molecule has 2 heterocycles. The van der Waals surface area contributed by atoms with Crippen molar-refractivity contribution in [2.45, 2.75) is 6.92 Å². The van der Waals surface area contributed by atoms with Gasteiger partial charge in [-0.1, -0.05) is 54.6 Å². The molecule has 102 valence electrons. The summed E-state index contributed by atoms with van der Waals surface area (Å²) in [6.07, 6.45) is 0. The van der Waals surface area contributed by atoms with Gasteiger partial charge in [-0.3, -0.25) is 4.68 Å². The first-order valence-electron chi connectivity index (χ1n) is 7.03. The summed E-state index contributed by atoms with van der Waals surface area (Å²) in [5.74, 6) is 0. The minimum absolute atomic E-state index is 0.968. The van der Waals surface area contributed by atoms with Crippen LogP contribution in [0.3, 0.4) is 0 Å². The number of hydrogen-bond donors (Lipinski definition) is 0. The van der Waals surface area contributed by atoms with Crippen LogP contribution < -0.4 is 0 Å². The van der Waals surface area contributed by atoms with Gasteiger partial charge in [0.2, 0.25) is 0 Å². The summed E-state index contributed by atoms with van der Waals surface area (Å²) in [6.45, 7) is 2.01. The van der Waals surface area contributed by atoms with Crippen LogP contribution in [0.25, 0.3) is 33.1 Å². The second-order valence-electron chi connectivity index (χ2n) is 5.28. The van der Waals surface area contributed by atoms with Gasteiger partial charge in [-0.15, -0.1) is 0 Å². The maximum absolute atomic E-state index is 4.91. The molecule has 3 nitrogen and oxygen atoms in total. The molecule has 0 fully saturated rings. The fraction of sp³-hybridized carbons (Fsp3) is 0.111. The quantitative estimate of drug-likeness (QED) is 0.523. The van der Waals surface area contributed by atoms with Crippen LogP contribution in [0.1, 0.15) is 5.69 Å². The number of benzene rings is 2. The number of rotatable bonds is 1. The van der Waals surface area contributed by atoms with Crippen LogP contribution >= 0.6 is 0 Å². The Bertz CT molecular complexity index is 952. The van der Waals surface area contributed by atoms with Gasteiger partial charge < -0.3 is 0 Å². The van der Waals surface area contributed by atoms with Gasteiger partial charge in [0.15, 0.2) is 0 Å². The largest absolute Gasteiger partial charge is 0.265 e. The van der Waals surface area contributed by atoms with Gasteiger partial charge in [-0.05, 0) is 6.92 Å². The third kappa shape index (κ3) is 1.74. The molecule has 0 saturated heterocycles. The van der Waals surface area contributed by atoms with Crippen molar-refractivity contribution in [2.75, 3.05) is 0 Å². The maximum Gasteiger partial charge on any atom is 0.113 e. The zero-order valence-corrected chi connectivity index (χ0v) is 12.0. The number of fused-ring (bicyclic) bond motifs is 3. The molecule has 0 N–H and O–H groups in total. The Morgan fingerprint density at radius 2 is 1.52 bits per heavy atom. The Labute approximate surface area is 122 Å². The molecule has 0 aliphatic heterocycles. The van der Waals surface area contributed by atoms with Gasteiger partial charge in [0, 0.05) is 23.4 Å². The summed E-state index contributed by atoms with van der Waals surface area (Å²) in [4.78, 5) is 4.91. The smallest absolute Gasteiger partial charge is 0.113 e. The fourth-order valence-electron chi connectivity index (χ4n) is 2.97. The van der Waals surface area contributed by atoms with Crippen LogP contribution in [0.4, 0.5) is 0 Å². The minimum atomic E-state index is 0.968. The van der Waals surface area contributed by atoms with Crippen LogP contribution in [0, 0.1) is 6.92 Å². The van der Waals surface area contributed by atoms with E-state index in [-0.39, 0.29) is 0 Å². The number of hydrogen-bond acceptors (Lipinski definition) is 2. The summed E-state index contributed by atoms with van der Waals surface area (Å²) in [5.41, 5.74) is 5.21. The van der Waals surface area contributed by atoms with Crippen molar-refractivity contribution in [3.8, 4) is 11.3 Å². The molecular weight excluding hydrogens is 258 g/mol. The zero-order chi connectivity index (χ0) is 14.4. The molecule has 2 aromatic carbocycles. The molecule has 3 heteroatoms. The Balaban J connectivity index is 2.22. The van der Waals surface area contributed by atoms with E-state index >= 15 is 0 Å². The van der Waals surface area contributed by atoms with Gasteiger partial charge in [-0.2, -0.15) is 5.10 Å². The summed E-state index contributed by atoms with van der Waals surface area (Å²) >= 11 is 0. The first-order chi connectivity index (χ1) is 10.3. The average Bonchev–Trinajstić information content (AvgIpc) is 2.82. The summed E-state index contributed by atoms with van der Waals surface area (Å²) in [6, 6.07) is 18.7. The van der Waals surface area contributed by atoms with Crippen molar-refractivity contribution in [3.05, 3.63) is 60.3 Å². The molecule has 2 aromatic heterocycles. The highest BCUT2D eigenvalue weighted by molar-refractivity contribution is 6.09. The second kappa shape index (κ2) is 4.42. The van der Waals surface area contributed by atoms with Crippen molar-refractivity contribution < 1.29 is 0 Å². The minimum Gasteiger partial charge on any atom is -0.265 e. The fourth-order valence-corrected chi connectivity index (χ4v) is 2.97. The predicted molar refractivity (Wildman–Crippen MR) is 86.2 cm³/mol. The summed E-state index contributed by atoms with van der Waals surface area (Å²) in [5, 5.41) is 6.89. The van der Waals surface area contributed by atoms with E-state index in [9.17, 15) is 0 Å². The van der Waals surface area contributed by atoms with E-state index in [1.165, 1.54) is 10.8 Å². The molecule has 0 amide bonds. The van der Waals surface area contributed by atoms with E-state index in [2.05, 4.69) is 41.5 Å². The zero-order valence-electron chi connectivity index (χ0n) is 12.0. The highest BCUT2D eigenvalue weighted by Gasteiger charge is 2.14. The molecule has 0 aliphatic rings. The third-order valence-corrected chi connectivity index (χ3v) is 3.90. The van der Waals surface area contributed by atoms with E-state index in [1.807, 2.05) is 36.9 Å². The van der Waals surface area contributed by atoms with Crippen molar-refractivity contribution in [1.29, 1.82) is 0 Å². The Morgan fingerprint density at radius 3 is 2.29 bits per heavy atom. The monoisotopic (exact) mass is 273 g/mol. The highest BCUT2D eigenvalue weighted by atomic mass is 15.3. The van der Waals surface area contributed by atoms with Crippen molar-refractivity contribution in [2.24, 2.45) is 7.05 Å². The van der Waals surface area contributed by atoms with Crippen LogP contribution in [-0.4, -0.2) is 14.8 Å². The Morgan fingerprint density at radius 1 is 0.857 bits per heavy atom. The standard InChI is InChI=1S/C18H15N3/c1-12-16-18(21(2)20-12)15-11-7-6-10-14(15)17(19-16)13-8-4-3-5-9-13/h3-11H,1-2H3. The molecule has 0 spiro atoms. The molecule has 0 bridgehead atoms. The molecule has 0 atom stereocenters. The molecule has 21 heavy (non-hydrogen) atoms. The molecule has 0 saturated carbocycles. The number of aryl methyl sites for hydroxylation is 2. The van der Waals surface area contributed by atoms with Crippen molar-refractivity contribution >= 4 is 21.8 Å². The van der Waals surface area contributed by atoms with E-state index < -0.39 is 0 Å². The van der Waals surface area contributed by atoms with Gasteiger partial charge >= 0.3 is 0 Å². The van der Waals surface area contributed by atoms with Gasteiger partial charge in [0.1, 0.15) is 5.52 Å². The topological polar surface area (TPSA) is 30.7 Å². The lowest BCUT2D eigenvalue weighted by Crippen LogP contribution is -1.93. The highest BCUT2D eigenvalue weighted by Crippen LogP contribution is 2.32. The van der Waals surface area contributed by atoms with E-state index in [0.29, 0.717) is 0 Å². The van der Waals surface area contributed by atoms with Crippen LogP contribution in [-0.2, 0) is 7.05 Å². The van der Waals surface area contributed by atoms with Crippen LogP contribution in [0.5, 0.6) is 0 Å². The number of pyridine rings is 1. The molecule has 4 aromatic rings. The van der Waals surface area contributed by atoms with E-state index in [4.69, 9.17) is 4.98 Å². The Kier molecular flexibility index (Phi) is 2.54. The SMILES string of the molecule is Cc1nn(C)c2c1nc(-c1ccccc1)c1ccccc12. The number of nitrogens with zero attached hydrogens (tertiary/aromatic N) is 3. The predicted octanol–water partition coefficient (Wildman–Crippen LogP) is 4.10. The summed E-state index contributed by atoms with van der Waals surface area (Å²) in [7, 11) is 1.98. The number of aromatic nitrogens is 3. The maximum atomic E-state index is 4.91. The average molecular weight is 273 g/mol. The van der Waals surface area contributed by atoms with Crippen LogP contribution in [0.15, 0.2) is 54.6 Å².